The molecule has 8 heteroatoms. The normalized spacial score (nSPS) is 13.5. The number of benzene rings is 1. The minimum atomic E-state index is -4.69. The van der Waals surface area contributed by atoms with Crippen LogP contribution in [-0.2, 0) is 0 Å². The van der Waals surface area contributed by atoms with E-state index in [1.165, 1.54) is 12.1 Å². The van der Waals surface area contributed by atoms with E-state index < -0.39 is 18.8 Å². The van der Waals surface area contributed by atoms with Crippen molar-refractivity contribution >= 4 is 34.6 Å². The molecule has 1 aromatic carbocycles. The van der Waals surface area contributed by atoms with Gasteiger partial charge in [-0.05, 0) is 12.1 Å². The molecule has 0 aliphatic rings. The molecule has 3 nitrogen and oxygen atoms in total. The molecular formula is C9H9Cl2F3N2O. The van der Waals surface area contributed by atoms with Crippen molar-refractivity contribution in [1.29, 1.82) is 0 Å². The molecule has 1 aromatic rings. The van der Waals surface area contributed by atoms with Gasteiger partial charge in [0.05, 0.1) is 15.7 Å². The summed E-state index contributed by atoms with van der Waals surface area (Å²) in [6, 6.07) is 2.69. The third-order valence-electron chi connectivity index (χ3n) is 1.91. The number of halogens is 5. The first-order chi connectivity index (χ1) is 7.71. The summed E-state index contributed by atoms with van der Waals surface area (Å²) >= 11 is 11.5. The topological polar surface area (TPSA) is 58.3 Å². The second-order valence-electron chi connectivity index (χ2n) is 3.30. The Labute approximate surface area is 105 Å². The fourth-order valence-corrected chi connectivity index (χ4v) is 1.71. The summed E-state index contributed by atoms with van der Waals surface area (Å²) < 4.78 is 36.1. The fourth-order valence-electron chi connectivity index (χ4n) is 1.08. The van der Waals surface area contributed by atoms with E-state index in [1.807, 2.05) is 0 Å². The van der Waals surface area contributed by atoms with Gasteiger partial charge in [0.15, 0.2) is 6.10 Å². The van der Waals surface area contributed by atoms with Gasteiger partial charge in [0.1, 0.15) is 0 Å². The predicted molar refractivity (Wildman–Crippen MR) is 61.4 cm³/mol. The molecule has 0 bridgehead atoms. The lowest BCUT2D eigenvalue weighted by molar-refractivity contribution is -0.198. The summed E-state index contributed by atoms with van der Waals surface area (Å²) in [6.45, 7) is -0.743. The van der Waals surface area contributed by atoms with Gasteiger partial charge in [-0.3, -0.25) is 0 Å². The van der Waals surface area contributed by atoms with Gasteiger partial charge >= 0.3 is 6.18 Å². The number of aliphatic hydroxyl groups excluding tert-OH is 1. The largest absolute Gasteiger partial charge is 0.416 e. The van der Waals surface area contributed by atoms with E-state index in [9.17, 15) is 13.2 Å². The molecule has 0 radical (unpaired) electrons. The molecule has 0 aromatic heterocycles. The van der Waals surface area contributed by atoms with Crippen molar-refractivity contribution in [3.63, 3.8) is 0 Å². The van der Waals surface area contributed by atoms with Crippen LogP contribution in [0.5, 0.6) is 0 Å². The molecule has 0 saturated heterocycles. The number of nitrogens with one attached hydrogen (secondary N) is 1. The molecule has 0 spiro atoms. The predicted octanol–water partition coefficient (Wildman–Crippen LogP) is 2.91. The van der Waals surface area contributed by atoms with E-state index >= 15 is 0 Å². The van der Waals surface area contributed by atoms with Crippen molar-refractivity contribution in [2.24, 2.45) is 0 Å². The maximum atomic E-state index is 12.0. The highest BCUT2D eigenvalue weighted by Gasteiger charge is 2.38. The van der Waals surface area contributed by atoms with E-state index in [0.29, 0.717) is 5.69 Å². The first kappa shape index (κ1) is 14.2. The monoisotopic (exact) mass is 288 g/mol. The van der Waals surface area contributed by atoms with E-state index in [0.717, 1.165) is 0 Å². The molecule has 0 fully saturated rings. The van der Waals surface area contributed by atoms with E-state index in [1.54, 1.807) is 0 Å². The standard InChI is InChI=1S/C9H9Cl2F3N2O/c10-5-1-4(15)2-6(11)8(5)16-3-7(17)9(12,13)14/h1-2,7,16-17H,3,15H2. The second-order valence-corrected chi connectivity index (χ2v) is 4.11. The number of alkyl halides is 3. The summed E-state index contributed by atoms with van der Waals surface area (Å²) in [5, 5.41) is 11.3. The number of anilines is 2. The highest BCUT2D eigenvalue weighted by atomic mass is 35.5. The molecule has 0 heterocycles. The van der Waals surface area contributed by atoms with Crippen LogP contribution >= 0.6 is 23.2 Å². The zero-order valence-electron chi connectivity index (χ0n) is 8.35. The van der Waals surface area contributed by atoms with Gasteiger partial charge in [-0.25, -0.2) is 0 Å². The molecule has 0 saturated carbocycles. The van der Waals surface area contributed by atoms with Crippen LogP contribution in [0.3, 0.4) is 0 Å². The molecule has 1 unspecified atom stereocenters. The smallest absolute Gasteiger partial charge is 0.399 e. The molecule has 96 valence electrons. The van der Waals surface area contributed by atoms with Crippen molar-refractivity contribution in [3.8, 4) is 0 Å². The van der Waals surface area contributed by atoms with Gasteiger partial charge in [0.25, 0.3) is 0 Å². The Morgan fingerprint density at radius 2 is 1.76 bits per heavy atom. The number of nitrogen functional groups attached to an aromatic ring is 1. The zero-order chi connectivity index (χ0) is 13.2. The van der Waals surface area contributed by atoms with Crippen LogP contribution in [0.1, 0.15) is 0 Å². The van der Waals surface area contributed by atoms with Crippen molar-refractivity contribution < 1.29 is 18.3 Å². The molecule has 0 aliphatic carbocycles. The van der Waals surface area contributed by atoms with Crippen molar-refractivity contribution in [2.75, 3.05) is 17.6 Å². The third kappa shape index (κ3) is 3.83. The highest BCUT2D eigenvalue weighted by Crippen LogP contribution is 2.33. The van der Waals surface area contributed by atoms with Gasteiger partial charge in [0.2, 0.25) is 0 Å². The number of nitrogens with two attached hydrogens (primary N) is 1. The van der Waals surface area contributed by atoms with Gasteiger partial charge in [-0.15, -0.1) is 0 Å². The van der Waals surface area contributed by atoms with Crippen LogP contribution in [0.2, 0.25) is 10.0 Å². The molecular weight excluding hydrogens is 280 g/mol. The van der Waals surface area contributed by atoms with Gasteiger partial charge in [-0.2, -0.15) is 13.2 Å². The van der Waals surface area contributed by atoms with Crippen LogP contribution in [-0.4, -0.2) is 23.9 Å². The minimum Gasteiger partial charge on any atom is -0.399 e. The molecule has 0 aliphatic heterocycles. The number of aliphatic hydroxyl groups is 1. The van der Waals surface area contributed by atoms with Crippen LogP contribution in [0, 0.1) is 0 Å². The van der Waals surface area contributed by atoms with Crippen molar-refractivity contribution in [3.05, 3.63) is 22.2 Å². The first-order valence-corrected chi connectivity index (χ1v) is 5.20. The number of hydrogen-bond acceptors (Lipinski definition) is 3. The van der Waals surface area contributed by atoms with Crippen molar-refractivity contribution in [2.45, 2.75) is 12.3 Å². The maximum absolute atomic E-state index is 12.0. The van der Waals surface area contributed by atoms with Gasteiger partial charge in [-0.1, -0.05) is 23.2 Å². The summed E-state index contributed by atoms with van der Waals surface area (Å²) in [4.78, 5) is 0. The second kappa shape index (κ2) is 5.20. The average molecular weight is 289 g/mol. The SMILES string of the molecule is Nc1cc(Cl)c(NCC(O)C(F)(F)F)c(Cl)c1. The third-order valence-corrected chi connectivity index (χ3v) is 2.51. The molecule has 17 heavy (non-hydrogen) atoms. The van der Waals surface area contributed by atoms with Gasteiger partial charge < -0.3 is 16.2 Å². The lowest BCUT2D eigenvalue weighted by Crippen LogP contribution is -2.35. The van der Waals surface area contributed by atoms with E-state index in [-0.39, 0.29) is 15.7 Å². The number of hydrogen-bond donors (Lipinski definition) is 3. The minimum absolute atomic E-state index is 0.0874. The van der Waals surface area contributed by atoms with E-state index in [4.69, 9.17) is 34.0 Å². The van der Waals surface area contributed by atoms with Gasteiger partial charge in [0, 0.05) is 12.2 Å². The lowest BCUT2D eigenvalue weighted by atomic mass is 10.2. The molecule has 4 N–H and O–H groups in total. The Balaban J connectivity index is 2.77. The Morgan fingerprint density at radius 3 is 2.18 bits per heavy atom. The number of rotatable bonds is 3. The fraction of sp³-hybridized carbons (Fsp3) is 0.333. The Bertz CT molecular complexity index is 389. The maximum Gasteiger partial charge on any atom is 0.416 e. The molecule has 1 rings (SSSR count). The quantitative estimate of drug-likeness (QED) is 0.750. The first-order valence-electron chi connectivity index (χ1n) is 4.45. The summed E-state index contributed by atoms with van der Waals surface area (Å²) in [7, 11) is 0. The van der Waals surface area contributed by atoms with Crippen LogP contribution in [0.15, 0.2) is 12.1 Å². The Kier molecular flexibility index (Phi) is 4.35. The van der Waals surface area contributed by atoms with Crippen LogP contribution < -0.4 is 11.1 Å². The molecule has 1 atom stereocenters. The Hall–Kier alpha value is -0.850. The highest BCUT2D eigenvalue weighted by molar-refractivity contribution is 6.39. The summed E-state index contributed by atoms with van der Waals surface area (Å²) in [6.07, 6.45) is -7.19. The lowest BCUT2D eigenvalue weighted by Gasteiger charge is -2.17. The Morgan fingerprint density at radius 1 is 1.29 bits per heavy atom. The van der Waals surface area contributed by atoms with E-state index in [2.05, 4.69) is 5.32 Å². The average Bonchev–Trinajstić information content (AvgIpc) is 2.13. The summed E-state index contributed by atoms with van der Waals surface area (Å²) in [5.41, 5.74) is 5.82. The molecule has 0 amide bonds. The zero-order valence-corrected chi connectivity index (χ0v) is 9.87. The summed E-state index contributed by atoms with van der Waals surface area (Å²) in [5.74, 6) is 0. The van der Waals surface area contributed by atoms with Crippen molar-refractivity contribution in [1.82, 2.24) is 0 Å². The van der Waals surface area contributed by atoms with Crippen LogP contribution in [0.25, 0.3) is 0 Å². The van der Waals surface area contributed by atoms with Crippen LogP contribution in [0.4, 0.5) is 24.5 Å².